The number of esters is 1. The summed E-state index contributed by atoms with van der Waals surface area (Å²) in [6.07, 6.45) is 1.53. The molecule has 0 amide bonds. The molecule has 2 heterocycles. The van der Waals surface area contributed by atoms with Crippen molar-refractivity contribution in [2.24, 2.45) is 0 Å². The molecule has 1 aromatic heterocycles. The highest BCUT2D eigenvalue weighted by Crippen LogP contribution is 2.54. The minimum atomic E-state index is -2.28. The van der Waals surface area contributed by atoms with Gasteiger partial charge in [0.2, 0.25) is 4.93 Å². The first kappa shape index (κ1) is 30.1. The molecule has 0 saturated carbocycles. The van der Waals surface area contributed by atoms with Gasteiger partial charge in [0.15, 0.2) is 16.6 Å². The molecule has 1 aromatic rings. The Kier molecular flexibility index (Phi) is 8.56. The van der Waals surface area contributed by atoms with Crippen LogP contribution in [0.25, 0.3) is 0 Å². The molecule has 8 nitrogen and oxygen atoms in total. The Morgan fingerprint density at radius 3 is 2.14 bits per heavy atom. The number of carbonyl (C=O) groups is 1. The highest BCUT2D eigenvalue weighted by atomic mass is 32.2. The zero-order chi connectivity index (χ0) is 27.2. The van der Waals surface area contributed by atoms with Gasteiger partial charge < -0.3 is 13.6 Å². The van der Waals surface area contributed by atoms with Crippen LogP contribution >= 0.6 is 11.8 Å². The lowest BCUT2D eigenvalue weighted by Gasteiger charge is -2.44. The number of aromatic amines is 1. The third-order valence-electron chi connectivity index (χ3n) is 7.70. The van der Waals surface area contributed by atoms with Crippen LogP contribution in [0.3, 0.4) is 0 Å². The zero-order valence-electron chi connectivity index (χ0n) is 23.5. The number of rotatable bonds is 7. The van der Waals surface area contributed by atoms with Crippen molar-refractivity contribution in [3.8, 4) is 0 Å². The van der Waals surface area contributed by atoms with Crippen LogP contribution in [0.4, 0.5) is 0 Å². The third-order valence-corrected chi connectivity index (χ3v) is 18.2. The number of H-pyrrole nitrogens is 1. The SMILES string of the molecule is CC(=O)O[C@]1(CO[Si](C)(C)C(C)(C)C)S[C@@H](n2cc(C)c(=O)[nH]c2=O)C[C@@H]1O[Si](C)(C)C(C)(C)C. The van der Waals surface area contributed by atoms with Crippen LogP contribution in [0, 0.1) is 6.92 Å². The molecule has 35 heavy (non-hydrogen) atoms. The van der Waals surface area contributed by atoms with Crippen molar-refractivity contribution < 1.29 is 18.4 Å². The zero-order valence-corrected chi connectivity index (χ0v) is 26.3. The van der Waals surface area contributed by atoms with Gasteiger partial charge in [0.25, 0.3) is 5.56 Å². The van der Waals surface area contributed by atoms with E-state index in [1.807, 2.05) is 0 Å². The molecule has 3 atom stereocenters. The number of aromatic nitrogens is 2. The predicted molar refractivity (Wildman–Crippen MR) is 147 cm³/mol. The van der Waals surface area contributed by atoms with E-state index in [0.717, 1.165) is 0 Å². The summed E-state index contributed by atoms with van der Waals surface area (Å²) in [4.78, 5) is 38.4. The number of aryl methyl sites for hydroxylation is 1. The standard InChI is InChI=1S/C24H44N2O6SSi2/c1-16-14-26(21(29)25-20(16)28)19-13-18(32-35(11,12)23(6,7)8)24(33-19,31-17(2)27)15-30-34(9,10)22(3,4)5/h14,18-19H,13,15H2,1-12H3,(H,25,28,29)/t18-,19+,24+/m0/s1. The minimum absolute atomic E-state index is 0.0319. The molecule has 1 aliphatic rings. The summed E-state index contributed by atoms with van der Waals surface area (Å²) < 4.78 is 21.0. The minimum Gasteiger partial charge on any atom is -0.443 e. The summed E-state index contributed by atoms with van der Waals surface area (Å²) in [7, 11) is -4.47. The highest BCUT2D eigenvalue weighted by Gasteiger charge is 2.57. The quantitative estimate of drug-likeness (QED) is 0.374. The molecule has 0 unspecified atom stereocenters. The van der Waals surface area contributed by atoms with Crippen molar-refractivity contribution in [3.63, 3.8) is 0 Å². The molecule has 1 N–H and O–H groups in total. The van der Waals surface area contributed by atoms with Gasteiger partial charge in [-0.25, -0.2) is 4.79 Å². The lowest BCUT2D eigenvalue weighted by atomic mass is 10.1. The Morgan fingerprint density at radius 2 is 1.66 bits per heavy atom. The van der Waals surface area contributed by atoms with Crippen molar-refractivity contribution >= 4 is 34.4 Å². The monoisotopic (exact) mass is 544 g/mol. The average molecular weight is 545 g/mol. The maximum Gasteiger partial charge on any atom is 0.329 e. The molecule has 0 bridgehead atoms. The first-order valence-corrected chi connectivity index (χ1v) is 18.8. The average Bonchev–Trinajstić information content (AvgIpc) is 2.98. The molecular weight excluding hydrogens is 501 g/mol. The fourth-order valence-corrected chi connectivity index (χ4v) is 7.48. The fraction of sp³-hybridized carbons (Fsp3) is 0.792. The summed E-state index contributed by atoms with van der Waals surface area (Å²) in [6.45, 7) is 24.8. The number of nitrogens with one attached hydrogen (secondary N) is 1. The van der Waals surface area contributed by atoms with Crippen LogP contribution in [-0.2, 0) is 18.4 Å². The van der Waals surface area contributed by atoms with E-state index in [2.05, 4.69) is 72.7 Å². The van der Waals surface area contributed by atoms with Gasteiger partial charge in [-0.15, -0.1) is 0 Å². The number of hydrogen-bond donors (Lipinski definition) is 1. The van der Waals surface area contributed by atoms with E-state index in [1.54, 1.807) is 13.1 Å². The Balaban J connectivity index is 2.59. The second-order valence-electron chi connectivity index (χ2n) is 12.6. The highest BCUT2D eigenvalue weighted by molar-refractivity contribution is 8.00. The predicted octanol–water partition coefficient (Wildman–Crippen LogP) is 5.15. The summed E-state index contributed by atoms with van der Waals surface area (Å²) in [6, 6.07) is 0. The lowest BCUT2D eigenvalue weighted by Crippen LogP contribution is -2.54. The normalized spacial score (nSPS) is 24.0. The number of hydrogen-bond acceptors (Lipinski definition) is 7. The maximum absolute atomic E-state index is 12.7. The summed E-state index contributed by atoms with van der Waals surface area (Å²) >= 11 is 1.37. The maximum atomic E-state index is 12.7. The van der Waals surface area contributed by atoms with Crippen molar-refractivity contribution in [2.75, 3.05) is 6.61 Å². The number of carbonyl (C=O) groups excluding carboxylic acids is 1. The first-order chi connectivity index (χ1) is 15.6. The van der Waals surface area contributed by atoms with Gasteiger partial charge in [0, 0.05) is 25.1 Å². The van der Waals surface area contributed by atoms with Gasteiger partial charge in [-0.1, -0.05) is 53.3 Å². The molecule has 11 heteroatoms. The van der Waals surface area contributed by atoms with Crippen molar-refractivity contribution in [1.29, 1.82) is 0 Å². The van der Waals surface area contributed by atoms with E-state index in [4.69, 9.17) is 13.6 Å². The molecule has 0 aliphatic carbocycles. The number of nitrogens with zero attached hydrogens (tertiary/aromatic N) is 1. The molecule has 0 aromatic carbocycles. The molecule has 2 rings (SSSR count). The number of ether oxygens (including phenoxy) is 1. The van der Waals surface area contributed by atoms with Crippen LogP contribution in [0.1, 0.15) is 65.8 Å². The Bertz CT molecular complexity index is 1050. The second kappa shape index (κ2) is 9.96. The summed E-state index contributed by atoms with van der Waals surface area (Å²) in [5.41, 5.74) is -0.460. The van der Waals surface area contributed by atoms with Crippen LogP contribution in [0.15, 0.2) is 15.8 Å². The van der Waals surface area contributed by atoms with Crippen molar-refractivity contribution in [2.45, 2.75) is 114 Å². The van der Waals surface area contributed by atoms with Gasteiger partial charge in [0.1, 0.15) is 0 Å². The smallest absolute Gasteiger partial charge is 0.329 e. The van der Waals surface area contributed by atoms with Crippen LogP contribution in [-0.4, -0.2) is 49.8 Å². The topological polar surface area (TPSA) is 99.6 Å². The van der Waals surface area contributed by atoms with E-state index in [0.29, 0.717) is 12.0 Å². The van der Waals surface area contributed by atoms with E-state index >= 15 is 0 Å². The Morgan fingerprint density at radius 1 is 1.11 bits per heavy atom. The molecule has 1 aliphatic heterocycles. The third kappa shape index (κ3) is 6.60. The summed E-state index contributed by atoms with van der Waals surface area (Å²) in [5.74, 6) is -0.425. The molecule has 0 spiro atoms. The van der Waals surface area contributed by atoms with E-state index in [9.17, 15) is 14.4 Å². The molecule has 1 saturated heterocycles. The summed E-state index contributed by atoms with van der Waals surface area (Å²) in [5, 5.41) is -0.491. The Labute approximate surface area is 215 Å². The van der Waals surface area contributed by atoms with Gasteiger partial charge in [-0.3, -0.25) is 19.1 Å². The second-order valence-corrected chi connectivity index (χ2v) is 23.6. The van der Waals surface area contributed by atoms with Gasteiger partial charge in [0.05, 0.1) is 18.1 Å². The molecule has 200 valence electrons. The van der Waals surface area contributed by atoms with Crippen molar-refractivity contribution in [3.05, 3.63) is 32.6 Å². The van der Waals surface area contributed by atoms with Crippen molar-refractivity contribution in [1.82, 2.24) is 9.55 Å². The van der Waals surface area contributed by atoms with Gasteiger partial charge >= 0.3 is 11.7 Å². The van der Waals surface area contributed by atoms with Crippen LogP contribution < -0.4 is 11.2 Å². The first-order valence-electron chi connectivity index (χ1n) is 12.1. The van der Waals surface area contributed by atoms with Crippen LogP contribution in [0.2, 0.25) is 36.3 Å². The lowest BCUT2D eigenvalue weighted by molar-refractivity contribution is -0.158. The van der Waals surface area contributed by atoms with Gasteiger partial charge in [-0.2, -0.15) is 0 Å². The molecule has 1 fully saturated rings. The fourth-order valence-electron chi connectivity index (χ4n) is 3.34. The van der Waals surface area contributed by atoms with E-state index < -0.39 is 50.3 Å². The molecule has 0 radical (unpaired) electrons. The van der Waals surface area contributed by atoms with E-state index in [1.165, 1.54) is 23.3 Å². The largest absolute Gasteiger partial charge is 0.443 e. The van der Waals surface area contributed by atoms with Crippen LogP contribution in [0.5, 0.6) is 0 Å². The van der Waals surface area contributed by atoms with E-state index in [-0.39, 0.29) is 16.7 Å². The Hall–Kier alpha value is -1.15. The molecular formula is C24H44N2O6SSi2. The van der Waals surface area contributed by atoms with Gasteiger partial charge in [-0.05, 0) is 43.2 Å². The number of thioether (sulfide) groups is 1.